The maximum atomic E-state index is 5.49. The molecule has 8 nitrogen and oxygen atoms in total. The minimum absolute atomic E-state index is 0. The number of hydrogen-bond donors (Lipinski definition) is 2. The summed E-state index contributed by atoms with van der Waals surface area (Å²) in [6, 6.07) is 8.09. The van der Waals surface area contributed by atoms with Crippen molar-refractivity contribution >= 4 is 35.9 Å². The van der Waals surface area contributed by atoms with Crippen LogP contribution in [0.4, 0.5) is 5.95 Å². The molecule has 0 spiro atoms. The van der Waals surface area contributed by atoms with Crippen molar-refractivity contribution in [1.29, 1.82) is 0 Å². The van der Waals surface area contributed by atoms with Crippen LogP contribution in [0.1, 0.15) is 24.5 Å². The zero-order valence-corrected chi connectivity index (χ0v) is 21.7. The fraction of sp³-hybridized carbons (Fsp3) is 0.522. The number of benzene rings is 1. The Balaban J connectivity index is 0.00000363. The van der Waals surface area contributed by atoms with Gasteiger partial charge in [0.05, 0.1) is 13.7 Å². The number of halogens is 1. The third-order valence-corrected chi connectivity index (χ3v) is 5.35. The first-order valence-electron chi connectivity index (χ1n) is 11.1. The van der Waals surface area contributed by atoms with Gasteiger partial charge in [0.25, 0.3) is 0 Å². The summed E-state index contributed by atoms with van der Waals surface area (Å²) in [6.07, 6.45) is 4.68. The molecule has 0 bridgehead atoms. The van der Waals surface area contributed by atoms with Crippen LogP contribution < -0.4 is 20.3 Å². The van der Waals surface area contributed by atoms with Crippen LogP contribution in [-0.2, 0) is 6.54 Å². The van der Waals surface area contributed by atoms with E-state index in [2.05, 4.69) is 62.4 Å². The molecule has 0 amide bonds. The fourth-order valence-corrected chi connectivity index (χ4v) is 3.62. The van der Waals surface area contributed by atoms with E-state index in [-0.39, 0.29) is 24.0 Å². The monoisotopic (exact) mass is 553 g/mol. The largest absolute Gasteiger partial charge is 0.496 e. The number of ether oxygens (including phenoxy) is 1. The van der Waals surface area contributed by atoms with E-state index in [1.54, 1.807) is 19.5 Å². The molecular formula is C23H36IN7O. The van der Waals surface area contributed by atoms with Crippen LogP contribution in [0.15, 0.2) is 41.7 Å². The first-order chi connectivity index (χ1) is 15.2. The van der Waals surface area contributed by atoms with E-state index < -0.39 is 0 Å². The first kappa shape index (κ1) is 26.1. The molecule has 2 aromatic rings. The minimum atomic E-state index is 0. The lowest BCUT2D eigenvalue weighted by atomic mass is 10.1. The smallest absolute Gasteiger partial charge is 0.225 e. The number of aromatic nitrogens is 2. The first-order valence-corrected chi connectivity index (χ1v) is 11.1. The SMILES string of the molecule is CCNC(=NCc1ccc(C)cc1OC)NCCCN1CCN(c2ncccn2)CC1.I. The molecule has 3 rings (SSSR count). The Morgan fingerprint density at radius 3 is 2.56 bits per heavy atom. The number of aliphatic imine (C=N–C) groups is 1. The quantitative estimate of drug-likeness (QED) is 0.214. The highest BCUT2D eigenvalue weighted by molar-refractivity contribution is 14.0. The molecule has 0 aliphatic carbocycles. The Morgan fingerprint density at radius 1 is 1.12 bits per heavy atom. The molecular weight excluding hydrogens is 517 g/mol. The van der Waals surface area contributed by atoms with Gasteiger partial charge in [-0.05, 0) is 44.5 Å². The number of nitrogens with one attached hydrogen (secondary N) is 2. The van der Waals surface area contributed by atoms with E-state index in [0.29, 0.717) is 6.54 Å². The Hall–Kier alpha value is -2.14. The van der Waals surface area contributed by atoms with E-state index in [0.717, 1.165) is 75.5 Å². The molecule has 9 heteroatoms. The number of anilines is 1. The summed E-state index contributed by atoms with van der Waals surface area (Å²) in [5, 5.41) is 6.78. The molecule has 1 aliphatic rings. The highest BCUT2D eigenvalue weighted by atomic mass is 127. The molecule has 1 aliphatic heterocycles. The average molecular weight is 553 g/mol. The molecule has 1 fully saturated rings. The van der Waals surface area contributed by atoms with Crippen molar-refractivity contribution in [3.05, 3.63) is 47.8 Å². The molecule has 2 N–H and O–H groups in total. The van der Waals surface area contributed by atoms with E-state index in [9.17, 15) is 0 Å². The number of nitrogens with zero attached hydrogens (tertiary/aromatic N) is 5. The molecule has 176 valence electrons. The van der Waals surface area contributed by atoms with Gasteiger partial charge in [0.15, 0.2) is 5.96 Å². The molecule has 0 unspecified atom stereocenters. The second-order valence-corrected chi connectivity index (χ2v) is 7.67. The summed E-state index contributed by atoms with van der Waals surface area (Å²) in [7, 11) is 1.71. The molecule has 1 saturated heterocycles. The highest BCUT2D eigenvalue weighted by Gasteiger charge is 2.18. The summed E-state index contributed by atoms with van der Waals surface area (Å²) in [6.45, 7) is 11.6. The summed E-state index contributed by atoms with van der Waals surface area (Å²) in [4.78, 5) is 18.2. The summed E-state index contributed by atoms with van der Waals surface area (Å²) in [5.74, 6) is 2.57. The molecule has 1 aromatic carbocycles. The number of rotatable bonds is 9. The Kier molecular flexibility index (Phi) is 11.5. The van der Waals surface area contributed by atoms with Crippen molar-refractivity contribution in [1.82, 2.24) is 25.5 Å². The third kappa shape index (κ3) is 8.09. The lowest BCUT2D eigenvalue weighted by Crippen LogP contribution is -2.47. The lowest BCUT2D eigenvalue weighted by Gasteiger charge is -2.34. The number of piperazine rings is 1. The fourth-order valence-electron chi connectivity index (χ4n) is 3.62. The Labute approximate surface area is 208 Å². The second kappa shape index (κ2) is 14.1. The topological polar surface area (TPSA) is 77.9 Å². The van der Waals surface area contributed by atoms with Crippen LogP contribution in [0.25, 0.3) is 0 Å². The Morgan fingerprint density at radius 2 is 1.88 bits per heavy atom. The van der Waals surface area contributed by atoms with Crippen LogP contribution in [-0.4, -0.2) is 73.8 Å². The summed E-state index contributed by atoms with van der Waals surface area (Å²) >= 11 is 0. The van der Waals surface area contributed by atoms with Crippen molar-refractivity contribution in [2.75, 3.05) is 57.8 Å². The van der Waals surface area contributed by atoms with Gasteiger partial charge in [-0.15, -0.1) is 24.0 Å². The molecule has 0 atom stereocenters. The van der Waals surface area contributed by atoms with E-state index >= 15 is 0 Å². The third-order valence-electron chi connectivity index (χ3n) is 5.35. The zero-order valence-electron chi connectivity index (χ0n) is 19.4. The zero-order chi connectivity index (χ0) is 21.9. The standard InChI is InChI=1S/C23H35N7O.HI/c1-4-24-22(28-18-20-8-7-19(2)17-21(20)31-3)25-11-6-12-29-13-15-30(16-14-29)23-26-9-5-10-27-23;/h5,7-10,17H,4,6,11-16,18H2,1-3H3,(H2,24,25,28);1H. The summed E-state index contributed by atoms with van der Waals surface area (Å²) in [5.41, 5.74) is 2.28. The number of methoxy groups -OCH3 is 1. The van der Waals surface area contributed by atoms with Gasteiger partial charge in [-0.3, -0.25) is 4.90 Å². The molecule has 32 heavy (non-hydrogen) atoms. The maximum absolute atomic E-state index is 5.49. The predicted molar refractivity (Wildman–Crippen MR) is 141 cm³/mol. The second-order valence-electron chi connectivity index (χ2n) is 7.67. The van der Waals surface area contributed by atoms with Gasteiger partial charge in [-0.25, -0.2) is 15.0 Å². The average Bonchev–Trinajstić information content (AvgIpc) is 2.81. The normalized spacial score (nSPS) is 14.6. The van der Waals surface area contributed by atoms with E-state index in [1.165, 1.54) is 5.56 Å². The van der Waals surface area contributed by atoms with Crippen LogP contribution in [0.3, 0.4) is 0 Å². The predicted octanol–water partition coefficient (Wildman–Crippen LogP) is 2.68. The number of guanidine groups is 1. The minimum Gasteiger partial charge on any atom is -0.496 e. The van der Waals surface area contributed by atoms with Gasteiger partial charge in [-0.1, -0.05) is 12.1 Å². The van der Waals surface area contributed by atoms with Crippen molar-refractivity contribution in [2.24, 2.45) is 4.99 Å². The van der Waals surface area contributed by atoms with Crippen LogP contribution >= 0.6 is 24.0 Å². The number of aryl methyl sites for hydroxylation is 1. The summed E-state index contributed by atoms with van der Waals surface area (Å²) < 4.78 is 5.49. The number of hydrogen-bond acceptors (Lipinski definition) is 6. The van der Waals surface area contributed by atoms with Gasteiger partial charge < -0.3 is 20.3 Å². The van der Waals surface area contributed by atoms with Gasteiger partial charge in [-0.2, -0.15) is 0 Å². The van der Waals surface area contributed by atoms with Crippen LogP contribution in [0.2, 0.25) is 0 Å². The van der Waals surface area contributed by atoms with Gasteiger partial charge in [0.1, 0.15) is 5.75 Å². The van der Waals surface area contributed by atoms with Crippen molar-refractivity contribution in [2.45, 2.75) is 26.8 Å². The molecule has 0 radical (unpaired) electrons. The van der Waals surface area contributed by atoms with Crippen LogP contribution in [0.5, 0.6) is 5.75 Å². The van der Waals surface area contributed by atoms with Gasteiger partial charge in [0.2, 0.25) is 5.95 Å². The molecule has 1 aromatic heterocycles. The lowest BCUT2D eigenvalue weighted by molar-refractivity contribution is 0.254. The van der Waals surface area contributed by atoms with Gasteiger partial charge in [0, 0.05) is 57.2 Å². The molecule has 2 heterocycles. The highest BCUT2D eigenvalue weighted by Crippen LogP contribution is 2.20. The van der Waals surface area contributed by atoms with Crippen LogP contribution in [0, 0.1) is 6.92 Å². The van der Waals surface area contributed by atoms with Crippen molar-refractivity contribution in [3.63, 3.8) is 0 Å². The van der Waals surface area contributed by atoms with E-state index in [1.807, 2.05) is 6.07 Å². The molecule has 0 saturated carbocycles. The van der Waals surface area contributed by atoms with Crippen molar-refractivity contribution in [3.8, 4) is 5.75 Å². The van der Waals surface area contributed by atoms with E-state index in [4.69, 9.17) is 9.73 Å². The Bertz CT molecular complexity index is 826. The van der Waals surface area contributed by atoms with Crippen molar-refractivity contribution < 1.29 is 4.74 Å². The maximum Gasteiger partial charge on any atom is 0.225 e. The van der Waals surface area contributed by atoms with Gasteiger partial charge >= 0.3 is 0 Å².